The quantitative estimate of drug-likeness (QED) is 0.862. The van der Waals surface area contributed by atoms with Crippen LogP contribution in [0.3, 0.4) is 0 Å². The van der Waals surface area contributed by atoms with Crippen molar-refractivity contribution in [2.75, 3.05) is 7.05 Å². The third kappa shape index (κ3) is 2.52. The molecular formula is C12H10N4O2. The second-order valence-electron chi connectivity index (χ2n) is 3.58. The van der Waals surface area contributed by atoms with Crippen LogP contribution in [0.1, 0.15) is 27.6 Å². The highest BCUT2D eigenvalue weighted by molar-refractivity contribution is 5.89. The molecule has 1 heterocycles. The molecule has 0 radical (unpaired) electrons. The van der Waals surface area contributed by atoms with E-state index in [1.54, 1.807) is 12.1 Å². The van der Waals surface area contributed by atoms with Crippen LogP contribution in [0.5, 0.6) is 0 Å². The van der Waals surface area contributed by atoms with Crippen molar-refractivity contribution in [3.8, 4) is 6.07 Å². The second kappa shape index (κ2) is 5.10. The molecule has 1 amide bonds. The van der Waals surface area contributed by atoms with Crippen LogP contribution in [-0.2, 0) is 6.42 Å². The Morgan fingerprint density at radius 3 is 2.78 bits per heavy atom. The molecule has 0 atom stereocenters. The number of amides is 1. The highest BCUT2D eigenvalue weighted by Gasteiger charge is 2.12. The van der Waals surface area contributed by atoms with Crippen LogP contribution in [0.15, 0.2) is 28.8 Å². The van der Waals surface area contributed by atoms with Gasteiger partial charge in [0, 0.05) is 7.05 Å². The van der Waals surface area contributed by atoms with Crippen molar-refractivity contribution in [2.24, 2.45) is 0 Å². The van der Waals surface area contributed by atoms with Crippen molar-refractivity contribution < 1.29 is 9.32 Å². The number of carbonyl (C=O) groups is 1. The van der Waals surface area contributed by atoms with Gasteiger partial charge in [0.15, 0.2) is 0 Å². The van der Waals surface area contributed by atoms with E-state index in [9.17, 15) is 4.79 Å². The number of hydrogen-bond donors (Lipinski definition) is 1. The minimum absolute atomic E-state index is 0.0149. The van der Waals surface area contributed by atoms with E-state index in [1.165, 1.54) is 7.05 Å². The molecule has 0 saturated heterocycles. The molecule has 2 rings (SSSR count). The van der Waals surface area contributed by atoms with E-state index in [0.717, 1.165) is 5.56 Å². The first-order valence-electron chi connectivity index (χ1n) is 5.26. The van der Waals surface area contributed by atoms with Gasteiger partial charge < -0.3 is 9.84 Å². The summed E-state index contributed by atoms with van der Waals surface area (Å²) in [5, 5.41) is 14.7. The lowest BCUT2D eigenvalue weighted by molar-refractivity contribution is 0.0950. The SMILES string of the molecule is CNC(=O)c1noc(Cc2ccc(C#N)cc2)n1. The van der Waals surface area contributed by atoms with Gasteiger partial charge in [-0.25, -0.2) is 0 Å². The molecule has 1 aromatic heterocycles. The van der Waals surface area contributed by atoms with E-state index < -0.39 is 0 Å². The topological polar surface area (TPSA) is 91.8 Å². The van der Waals surface area contributed by atoms with Crippen LogP contribution in [0, 0.1) is 11.3 Å². The lowest BCUT2D eigenvalue weighted by atomic mass is 10.1. The molecule has 18 heavy (non-hydrogen) atoms. The largest absolute Gasteiger partial charge is 0.352 e. The van der Waals surface area contributed by atoms with Gasteiger partial charge in [0.2, 0.25) is 5.89 Å². The van der Waals surface area contributed by atoms with Gasteiger partial charge >= 0.3 is 0 Å². The Labute approximate surface area is 103 Å². The maximum Gasteiger partial charge on any atom is 0.292 e. The van der Waals surface area contributed by atoms with Gasteiger partial charge in [-0.1, -0.05) is 17.3 Å². The number of nitrogens with one attached hydrogen (secondary N) is 1. The van der Waals surface area contributed by atoms with Gasteiger partial charge in [0.1, 0.15) is 0 Å². The van der Waals surface area contributed by atoms with Crippen molar-refractivity contribution in [3.05, 3.63) is 47.1 Å². The molecule has 0 unspecified atom stereocenters. The fraction of sp³-hybridized carbons (Fsp3) is 0.167. The molecular weight excluding hydrogens is 232 g/mol. The summed E-state index contributed by atoms with van der Waals surface area (Å²) in [5.74, 6) is -0.00992. The van der Waals surface area contributed by atoms with E-state index in [-0.39, 0.29) is 11.7 Å². The summed E-state index contributed by atoms with van der Waals surface area (Å²) in [6.07, 6.45) is 0.426. The zero-order chi connectivity index (χ0) is 13.0. The Morgan fingerprint density at radius 2 is 2.17 bits per heavy atom. The summed E-state index contributed by atoms with van der Waals surface area (Å²) in [6.45, 7) is 0. The molecule has 1 N–H and O–H groups in total. The maximum absolute atomic E-state index is 11.2. The lowest BCUT2D eigenvalue weighted by Gasteiger charge is -1.95. The molecule has 0 saturated carbocycles. The summed E-state index contributed by atoms with van der Waals surface area (Å²) in [7, 11) is 1.50. The molecule has 0 aliphatic rings. The van der Waals surface area contributed by atoms with Gasteiger partial charge in [-0.3, -0.25) is 4.79 Å². The first-order chi connectivity index (χ1) is 8.72. The van der Waals surface area contributed by atoms with Crippen LogP contribution in [0.2, 0.25) is 0 Å². The summed E-state index contributed by atoms with van der Waals surface area (Å²) >= 11 is 0. The summed E-state index contributed by atoms with van der Waals surface area (Å²) in [5.41, 5.74) is 1.52. The first kappa shape index (κ1) is 11.8. The molecule has 0 bridgehead atoms. The number of rotatable bonds is 3. The van der Waals surface area contributed by atoms with Gasteiger partial charge in [-0.15, -0.1) is 0 Å². The molecule has 0 aliphatic carbocycles. The Kier molecular flexibility index (Phi) is 3.34. The molecule has 0 aliphatic heterocycles. The minimum Gasteiger partial charge on any atom is -0.352 e. The summed E-state index contributed by atoms with van der Waals surface area (Å²) < 4.78 is 4.96. The number of benzene rings is 1. The van der Waals surface area contributed by atoms with Crippen molar-refractivity contribution in [1.82, 2.24) is 15.5 Å². The Bertz CT molecular complexity index is 595. The molecule has 0 fully saturated rings. The monoisotopic (exact) mass is 242 g/mol. The Balaban J connectivity index is 2.11. The molecule has 0 spiro atoms. The Hall–Kier alpha value is -2.68. The third-order valence-corrected chi connectivity index (χ3v) is 2.34. The van der Waals surface area contributed by atoms with E-state index in [0.29, 0.717) is 17.9 Å². The van der Waals surface area contributed by atoms with Crippen LogP contribution < -0.4 is 5.32 Å². The number of carbonyl (C=O) groups excluding carboxylic acids is 1. The molecule has 2 aromatic rings. The molecule has 6 heteroatoms. The normalized spacial score (nSPS) is 9.78. The number of hydrogen-bond acceptors (Lipinski definition) is 5. The van der Waals surface area contributed by atoms with Crippen LogP contribution >= 0.6 is 0 Å². The zero-order valence-electron chi connectivity index (χ0n) is 9.67. The van der Waals surface area contributed by atoms with Gasteiger partial charge in [-0.2, -0.15) is 10.2 Å². The number of nitriles is 1. The fourth-order valence-electron chi connectivity index (χ4n) is 1.40. The average molecular weight is 242 g/mol. The average Bonchev–Trinajstić information content (AvgIpc) is 2.87. The summed E-state index contributed by atoms with van der Waals surface area (Å²) in [4.78, 5) is 15.2. The molecule has 6 nitrogen and oxygen atoms in total. The lowest BCUT2D eigenvalue weighted by Crippen LogP contribution is -2.19. The van der Waals surface area contributed by atoms with E-state index in [2.05, 4.69) is 15.5 Å². The molecule has 90 valence electrons. The van der Waals surface area contributed by atoms with E-state index in [1.807, 2.05) is 18.2 Å². The van der Waals surface area contributed by atoms with Crippen LogP contribution in [0.4, 0.5) is 0 Å². The van der Waals surface area contributed by atoms with Crippen LogP contribution in [-0.4, -0.2) is 23.1 Å². The number of nitrogens with zero attached hydrogens (tertiary/aromatic N) is 3. The van der Waals surface area contributed by atoms with Crippen molar-refractivity contribution in [3.63, 3.8) is 0 Å². The highest BCUT2D eigenvalue weighted by Crippen LogP contribution is 2.09. The van der Waals surface area contributed by atoms with Gasteiger partial charge in [0.25, 0.3) is 11.7 Å². The fourth-order valence-corrected chi connectivity index (χ4v) is 1.40. The smallest absolute Gasteiger partial charge is 0.292 e. The van der Waals surface area contributed by atoms with Gasteiger partial charge in [-0.05, 0) is 17.7 Å². The van der Waals surface area contributed by atoms with Crippen molar-refractivity contribution >= 4 is 5.91 Å². The predicted octanol–water partition coefficient (Wildman–Crippen LogP) is 0.892. The standard InChI is InChI=1S/C12H10N4O2/c1-14-12(17)11-15-10(18-16-11)6-8-2-4-9(7-13)5-3-8/h2-5H,6H2,1H3,(H,14,17). The second-order valence-corrected chi connectivity index (χ2v) is 3.58. The van der Waals surface area contributed by atoms with Crippen molar-refractivity contribution in [2.45, 2.75) is 6.42 Å². The Morgan fingerprint density at radius 1 is 1.44 bits per heavy atom. The highest BCUT2D eigenvalue weighted by atomic mass is 16.5. The minimum atomic E-state index is -0.384. The van der Waals surface area contributed by atoms with E-state index >= 15 is 0 Å². The molecule has 1 aromatic carbocycles. The van der Waals surface area contributed by atoms with E-state index in [4.69, 9.17) is 9.78 Å². The third-order valence-electron chi connectivity index (χ3n) is 2.34. The first-order valence-corrected chi connectivity index (χ1v) is 5.26. The summed E-state index contributed by atoms with van der Waals surface area (Å²) in [6, 6.07) is 9.08. The van der Waals surface area contributed by atoms with Crippen LogP contribution in [0.25, 0.3) is 0 Å². The van der Waals surface area contributed by atoms with Gasteiger partial charge in [0.05, 0.1) is 18.1 Å². The van der Waals surface area contributed by atoms with Crippen molar-refractivity contribution in [1.29, 1.82) is 5.26 Å². The zero-order valence-corrected chi connectivity index (χ0v) is 9.67. The number of aromatic nitrogens is 2. The maximum atomic E-state index is 11.2. The predicted molar refractivity (Wildman–Crippen MR) is 61.7 cm³/mol.